The molecule has 4 rings (SSSR count). The number of nitrogens with one attached hydrogen (secondary N) is 1. The van der Waals surface area contributed by atoms with Gasteiger partial charge in [0, 0.05) is 0 Å². The van der Waals surface area contributed by atoms with Gasteiger partial charge in [0.15, 0.2) is 10.8 Å². The molecule has 2 amide bonds. The van der Waals surface area contributed by atoms with Gasteiger partial charge in [-0.05, 0) is 44.4 Å². The highest BCUT2D eigenvalue weighted by Gasteiger charge is 2.30. The molecular formula is C22H21N5O5S. The van der Waals surface area contributed by atoms with E-state index in [2.05, 4.69) is 15.5 Å². The molecule has 4 aromatic rings. The maximum absolute atomic E-state index is 12.9. The van der Waals surface area contributed by atoms with E-state index in [9.17, 15) is 14.4 Å². The molecule has 0 aliphatic heterocycles. The molecule has 170 valence electrons. The van der Waals surface area contributed by atoms with Crippen molar-refractivity contribution >= 4 is 52.0 Å². The van der Waals surface area contributed by atoms with Crippen LogP contribution in [0.15, 0.2) is 46.0 Å². The quantitative estimate of drug-likeness (QED) is 0.312. The molecule has 0 bridgehead atoms. The van der Waals surface area contributed by atoms with Gasteiger partial charge in [0.05, 0.1) is 17.4 Å². The molecule has 3 N–H and O–H groups in total. The van der Waals surface area contributed by atoms with Gasteiger partial charge in [-0.25, -0.2) is 4.79 Å². The number of anilines is 1. The second-order valence-electron chi connectivity index (χ2n) is 7.14. The van der Waals surface area contributed by atoms with Crippen LogP contribution in [0.4, 0.5) is 5.88 Å². The van der Waals surface area contributed by atoms with Crippen molar-refractivity contribution in [2.45, 2.75) is 31.2 Å². The van der Waals surface area contributed by atoms with Gasteiger partial charge in [0.2, 0.25) is 11.8 Å². The van der Waals surface area contributed by atoms with E-state index in [0.717, 1.165) is 10.9 Å². The molecule has 0 aliphatic carbocycles. The highest BCUT2D eigenvalue weighted by atomic mass is 32.2. The smallest absolute Gasteiger partial charge is 0.342 e. The van der Waals surface area contributed by atoms with E-state index in [1.54, 1.807) is 13.8 Å². The number of rotatable bonds is 7. The average Bonchev–Trinajstić information content (AvgIpc) is 3.34. The Hall–Kier alpha value is -3.86. The van der Waals surface area contributed by atoms with Crippen LogP contribution in [0.2, 0.25) is 0 Å². The van der Waals surface area contributed by atoms with E-state index in [1.807, 2.05) is 40.8 Å². The molecule has 0 aliphatic rings. The zero-order valence-corrected chi connectivity index (χ0v) is 18.9. The van der Waals surface area contributed by atoms with Crippen molar-refractivity contribution in [3.05, 3.63) is 53.3 Å². The lowest BCUT2D eigenvalue weighted by Gasteiger charge is -2.11. The van der Waals surface area contributed by atoms with Crippen LogP contribution in [0.3, 0.4) is 0 Å². The van der Waals surface area contributed by atoms with Gasteiger partial charge in [-0.1, -0.05) is 30.0 Å². The summed E-state index contributed by atoms with van der Waals surface area (Å²) < 4.78 is 12.3. The first-order chi connectivity index (χ1) is 15.8. The first-order valence-corrected chi connectivity index (χ1v) is 11.0. The SMILES string of the molecule is CCOC(=O)c1c(C)oc(NC(=O)C(C)Sc2nnc3ccc4ccccc4n23)c1C(N)=O. The minimum atomic E-state index is -0.916. The van der Waals surface area contributed by atoms with E-state index in [-0.39, 0.29) is 29.4 Å². The van der Waals surface area contributed by atoms with Crippen LogP contribution in [-0.2, 0) is 9.53 Å². The highest BCUT2D eigenvalue weighted by molar-refractivity contribution is 8.00. The van der Waals surface area contributed by atoms with E-state index in [1.165, 1.54) is 18.7 Å². The summed E-state index contributed by atoms with van der Waals surface area (Å²) in [7, 11) is 0. The topological polar surface area (TPSA) is 142 Å². The normalized spacial score (nSPS) is 12.1. The number of aromatic nitrogens is 3. The third-order valence-corrected chi connectivity index (χ3v) is 5.99. The zero-order chi connectivity index (χ0) is 23.7. The lowest BCUT2D eigenvalue weighted by molar-refractivity contribution is -0.115. The second kappa shape index (κ2) is 8.94. The Morgan fingerprint density at radius 3 is 2.67 bits per heavy atom. The monoisotopic (exact) mass is 467 g/mol. The number of hydrogen-bond acceptors (Lipinski definition) is 8. The molecule has 3 heterocycles. The van der Waals surface area contributed by atoms with Crippen LogP contribution >= 0.6 is 11.8 Å². The first kappa shape index (κ1) is 22.3. The molecule has 0 radical (unpaired) electrons. The van der Waals surface area contributed by atoms with Gasteiger partial charge >= 0.3 is 5.97 Å². The predicted octanol–water partition coefficient (Wildman–Crippen LogP) is 3.18. The Labute approximate surface area is 192 Å². The number of amides is 2. The van der Waals surface area contributed by atoms with Crippen molar-refractivity contribution in [2.75, 3.05) is 11.9 Å². The minimum Gasteiger partial charge on any atom is -0.462 e. The molecular weight excluding hydrogens is 446 g/mol. The summed E-state index contributed by atoms with van der Waals surface area (Å²) in [4.78, 5) is 37.2. The summed E-state index contributed by atoms with van der Waals surface area (Å²) in [6.07, 6.45) is 0. The third kappa shape index (κ3) is 4.14. The number of hydrogen-bond donors (Lipinski definition) is 2. The number of nitrogens with zero attached hydrogens (tertiary/aromatic N) is 3. The number of carbonyl (C=O) groups excluding carboxylic acids is 3. The van der Waals surface area contributed by atoms with Gasteiger partial charge in [0.1, 0.15) is 16.9 Å². The Balaban J connectivity index is 1.61. The number of nitrogens with two attached hydrogens (primary N) is 1. The van der Waals surface area contributed by atoms with Crippen LogP contribution in [0.25, 0.3) is 16.6 Å². The Kier molecular flexibility index (Phi) is 6.05. The number of para-hydroxylation sites is 1. The Morgan fingerprint density at radius 2 is 1.94 bits per heavy atom. The standard InChI is InChI=1S/C22H21N5O5S/c1-4-31-21(30)16-11(2)32-20(17(16)18(23)28)24-19(29)12(3)33-22-26-25-15-10-9-13-7-5-6-8-14(13)27(15)22/h5-10,12H,4H2,1-3H3,(H2,23,28)(H,24,29). The lowest BCUT2D eigenvalue weighted by Crippen LogP contribution is -2.25. The summed E-state index contributed by atoms with van der Waals surface area (Å²) >= 11 is 1.19. The lowest BCUT2D eigenvalue weighted by atomic mass is 10.1. The van der Waals surface area contributed by atoms with Gasteiger partial charge < -0.3 is 14.9 Å². The van der Waals surface area contributed by atoms with Crippen molar-refractivity contribution < 1.29 is 23.5 Å². The number of benzene rings is 1. The predicted molar refractivity (Wildman–Crippen MR) is 122 cm³/mol. The molecule has 1 aromatic carbocycles. The fourth-order valence-corrected chi connectivity index (χ4v) is 4.30. The van der Waals surface area contributed by atoms with Crippen LogP contribution in [-0.4, -0.2) is 44.2 Å². The number of esters is 1. The molecule has 0 spiro atoms. The minimum absolute atomic E-state index is 0.102. The van der Waals surface area contributed by atoms with Crippen LogP contribution in [0.5, 0.6) is 0 Å². The van der Waals surface area contributed by atoms with Crippen molar-refractivity contribution in [1.29, 1.82) is 0 Å². The van der Waals surface area contributed by atoms with E-state index >= 15 is 0 Å². The fraction of sp³-hybridized carbons (Fsp3) is 0.227. The summed E-state index contributed by atoms with van der Waals surface area (Å²) in [5.41, 5.74) is 6.69. The largest absolute Gasteiger partial charge is 0.462 e. The van der Waals surface area contributed by atoms with Gasteiger partial charge in [0.25, 0.3) is 5.91 Å². The fourth-order valence-electron chi connectivity index (χ4n) is 3.43. The van der Waals surface area contributed by atoms with Gasteiger partial charge in [-0.2, -0.15) is 0 Å². The molecule has 0 saturated carbocycles. The summed E-state index contributed by atoms with van der Waals surface area (Å²) in [6, 6.07) is 11.6. The number of furan rings is 1. The van der Waals surface area contributed by atoms with Gasteiger partial charge in [-0.15, -0.1) is 10.2 Å². The zero-order valence-electron chi connectivity index (χ0n) is 18.1. The molecule has 1 unspecified atom stereocenters. The van der Waals surface area contributed by atoms with Crippen molar-refractivity contribution in [2.24, 2.45) is 5.73 Å². The van der Waals surface area contributed by atoms with Crippen molar-refractivity contribution in [3.63, 3.8) is 0 Å². The molecule has 11 heteroatoms. The summed E-state index contributed by atoms with van der Waals surface area (Å²) in [6.45, 7) is 4.91. The summed E-state index contributed by atoms with van der Waals surface area (Å²) in [5, 5.41) is 11.9. The van der Waals surface area contributed by atoms with Crippen LogP contribution < -0.4 is 11.1 Å². The van der Waals surface area contributed by atoms with Crippen molar-refractivity contribution in [1.82, 2.24) is 14.6 Å². The van der Waals surface area contributed by atoms with E-state index < -0.39 is 23.0 Å². The number of primary amides is 1. The molecule has 3 aromatic heterocycles. The molecule has 1 atom stereocenters. The number of ether oxygens (including phenoxy) is 1. The third-order valence-electron chi connectivity index (χ3n) is 4.95. The van der Waals surface area contributed by atoms with Crippen molar-refractivity contribution in [3.8, 4) is 0 Å². The number of aryl methyl sites for hydroxylation is 1. The molecule has 33 heavy (non-hydrogen) atoms. The highest BCUT2D eigenvalue weighted by Crippen LogP contribution is 2.30. The summed E-state index contributed by atoms with van der Waals surface area (Å²) in [5.74, 6) is -2.22. The van der Waals surface area contributed by atoms with Gasteiger partial charge in [-0.3, -0.25) is 19.3 Å². The molecule has 10 nitrogen and oxygen atoms in total. The second-order valence-corrected chi connectivity index (χ2v) is 8.45. The molecule has 0 saturated heterocycles. The van der Waals surface area contributed by atoms with E-state index in [4.69, 9.17) is 14.9 Å². The van der Waals surface area contributed by atoms with Crippen LogP contribution in [0, 0.1) is 6.92 Å². The van der Waals surface area contributed by atoms with E-state index in [0.29, 0.717) is 10.8 Å². The molecule has 0 fully saturated rings. The number of fused-ring (bicyclic) bond motifs is 3. The Bertz CT molecular complexity index is 1390. The average molecular weight is 468 g/mol. The maximum Gasteiger partial charge on any atom is 0.342 e. The number of carbonyl (C=O) groups is 3. The van der Waals surface area contributed by atoms with Crippen LogP contribution in [0.1, 0.15) is 40.3 Å². The first-order valence-electron chi connectivity index (χ1n) is 10.1. The number of pyridine rings is 1. The maximum atomic E-state index is 12.9. The Morgan fingerprint density at radius 1 is 1.18 bits per heavy atom. The number of thioether (sulfide) groups is 1.